The maximum absolute atomic E-state index is 13.6. The molecule has 6 heteroatoms. The van der Waals surface area contributed by atoms with E-state index in [1.54, 1.807) is 0 Å². The molecule has 4 nitrogen and oxygen atoms in total. The Balaban J connectivity index is 1.21. The van der Waals surface area contributed by atoms with Crippen LogP contribution < -0.4 is 5.43 Å². The van der Waals surface area contributed by atoms with Gasteiger partial charge in [-0.05, 0) is 108 Å². The SMILES string of the molecule is O=C1C(=Cc2c3ccccc3cc3ccccc23)SC(=S)N1NC(=O)C12CC3CC(CC(C3)C1)C2. The van der Waals surface area contributed by atoms with E-state index in [0.717, 1.165) is 46.4 Å². The first-order valence-electron chi connectivity index (χ1n) is 12.5. The summed E-state index contributed by atoms with van der Waals surface area (Å²) < 4.78 is 0.392. The lowest BCUT2D eigenvalue weighted by atomic mass is 9.49. The van der Waals surface area contributed by atoms with Gasteiger partial charge in [-0.2, -0.15) is 5.01 Å². The standard InChI is InChI=1S/C29H26N2O2S2/c32-26-25(13-24-22-7-3-1-5-20(22)12-21-6-2-4-8-23(21)24)35-28(34)31(26)30-27(33)29-14-17-9-18(15-29)11-19(10-17)16-29/h1-8,12-13,17-19H,9-11,14-16H2,(H,30,33). The molecule has 8 rings (SSSR count). The zero-order valence-corrected chi connectivity index (χ0v) is 21.0. The Kier molecular flexibility index (Phi) is 4.87. The van der Waals surface area contributed by atoms with Crippen molar-refractivity contribution in [2.24, 2.45) is 23.2 Å². The molecule has 176 valence electrons. The molecule has 3 aromatic carbocycles. The molecular formula is C29H26N2O2S2. The Labute approximate surface area is 214 Å². The second-order valence-corrected chi connectivity index (χ2v) is 12.6. The zero-order valence-electron chi connectivity index (χ0n) is 19.3. The van der Waals surface area contributed by atoms with Crippen LogP contribution in [-0.4, -0.2) is 21.1 Å². The van der Waals surface area contributed by atoms with E-state index < -0.39 is 0 Å². The van der Waals surface area contributed by atoms with Crippen molar-refractivity contribution in [1.29, 1.82) is 0 Å². The number of hydrazine groups is 1. The summed E-state index contributed by atoms with van der Waals surface area (Å²) in [6, 6.07) is 18.6. The van der Waals surface area contributed by atoms with E-state index in [1.165, 1.54) is 36.0 Å². The predicted octanol–water partition coefficient (Wildman–Crippen LogP) is 6.44. The van der Waals surface area contributed by atoms with Gasteiger partial charge < -0.3 is 0 Å². The summed E-state index contributed by atoms with van der Waals surface area (Å²) in [6.07, 6.45) is 8.63. The Morgan fingerprint density at radius 2 is 1.49 bits per heavy atom. The number of hydrogen-bond donors (Lipinski definition) is 1. The molecule has 0 unspecified atom stereocenters. The summed E-state index contributed by atoms with van der Waals surface area (Å²) in [6.45, 7) is 0. The summed E-state index contributed by atoms with van der Waals surface area (Å²) in [5.41, 5.74) is 3.65. The van der Waals surface area contributed by atoms with Crippen LogP contribution in [0.5, 0.6) is 0 Å². The summed E-state index contributed by atoms with van der Waals surface area (Å²) >= 11 is 6.84. The Morgan fingerprint density at radius 1 is 0.943 bits per heavy atom. The van der Waals surface area contributed by atoms with Gasteiger partial charge in [0.15, 0.2) is 4.32 Å². The number of nitrogens with one attached hydrogen (secondary N) is 1. The number of carbonyl (C=O) groups excluding carboxylic acids is 2. The molecule has 2 amide bonds. The summed E-state index contributed by atoms with van der Waals surface area (Å²) in [5.74, 6) is 1.74. The summed E-state index contributed by atoms with van der Waals surface area (Å²) in [5, 5.41) is 5.76. The lowest BCUT2D eigenvalue weighted by molar-refractivity contribution is -0.152. The van der Waals surface area contributed by atoms with Crippen LogP contribution in [0, 0.1) is 23.2 Å². The Hall–Kier alpha value is -2.70. The first-order chi connectivity index (χ1) is 17.0. The van der Waals surface area contributed by atoms with Gasteiger partial charge in [-0.3, -0.25) is 15.0 Å². The minimum Gasteiger partial charge on any atom is -0.273 e. The molecule has 4 aliphatic carbocycles. The van der Waals surface area contributed by atoms with Gasteiger partial charge in [0, 0.05) is 0 Å². The molecule has 35 heavy (non-hydrogen) atoms. The quantitative estimate of drug-likeness (QED) is 0.256. The maximum Gasteiger partial charge on any atom is 0.285 e. The number of fused-ring (bicyclic) bond motifs is 2. The zero-order chi connectivity index (χ0) is 23.7. The van der Waals surface area contributed by atoms with Crippen LogP contribution in [0.25, 0.3) is 27.6 Å². The fourth-order valence-corrected chi connectivity index (χ4v) is 8.67. The van der Waals surface area contributed by atoms with Crippen LogP contribution in [0.3, 0.4) is 0 Å². The first kappa shape index (κ1) is 21.6. The van der Waals surface area contributed by atoms with E-state index in [4.69, 9.17) is 12.2 Å². The molecule has 0 atom stereocenters. The highest BCUT2D eigenvalue weighted by Crippen LogP contribution is 2.60. The molecule has 4 saturated carbocycles. The second kappa shape index (κ2) is 7.90. The normalized spacial score (nSPS) is 30.7. The number of rotatable bonds is 3. The van der Waals surface area contributed by atoms with Crippen molar-refractivity contribution in [3.8, 4) is 0 Å². The third-order valence-corrected chi connectivity index (χ3v) is 9.92. The highest BCUT2D eigenvalue weighted by molar-refractivity contribution is 8.26. The van der Waals surface area contributed by atoms with Gasteiger partial charge in [-0.15, -0.1) is 0 Å². The van der Waals surface area contributed by atoms with Crippen molar-refractivity contribution in [1.82, 2.24) is 10.4 Å². The van der Waals surface area contributed by atoms with Crippen LogP contribution in [0.2, 0.25) is 0 Å². The smallest absolute Gasteiger partial charge is 0.273 e. The molecule has 1 heterocycles. The highest BCUT2D eigenvalue weighted by Gasteiger charge is 2.55. The number of hydrogen-bond acceptors (Lipinski definition) is 4. The van der Waals surface area contributed by atoms with Crippen LogP contribution >= 0.6 is 24.0 Å². The van der Waals surface area contributed by atoms with E-state index in [0.29, 0.717) is 27.0 Å². The van der Waals surface area contributed by atoms with Crippen LogP contribution in [0.4, 0.5) is 0 Å². The number of benzene rings is 3. The number of nitrogens with zero attached hydrogens (tertiary/aromatic N) is 1. The van der Waals surface area contributed by atoms with Crippen molar-refractivity contribution < 1.29 is 9.59 Å². The summed E-state index contributed by atoms with van der Waals surface area (Å²) in [4.78, 5) is 27.6. The topological polar surface area (TPSA) is 49.4 Å². The molecule has 3 aromatic rings. The van der Waals surface area contributed by atoms with Crippen molar-refractivity contribution in [2.45, 2.75) is 38.5 Å². The molecule has 0 radical (unpaired) electrons. The average molecular weight is 499 g/mol. The molecule has 1 N–H and O–H groups in total. The van der Waals surface area contributed by atoms with Crippen molar-refractivity contribution >= 4 is 67.7 Å². The van der Waals surface area contributed by atoms with Gasteiger partial charge in [-0.25, -0.2) is 0 Å². The molecule has 1 aliphatic heterocycles. The van der Waals surface area contributed by atoms with Gasteiger partial charge in [0.25, 0.3) is 5.91 Å². The monoisotopic (exact) mass is 498 g/mol. The Morgan fingerprint density at radius 3 is 2.06 bits per heavy atom. The lowest BCUT2D eigenvalue weighted by Gasteiger charge is -2.55. The van der Waals surface area contributed by atoms with Crippen molar-refractivity contribution in [3.05, 3.63) is 65.1 Å². The van der Waals surface area contributed by atoms with Gasteiger partial charge >= 0.3 is 0 Å². The highest BCUT2D eigenvalue weighted by atomic mass is 32.2. The molecule has 0 aromatic heterocycles. The predicted molar refractivity (Wildman–Crippen MR) is 145 cm³/mol. The number of amides is 2. The van der Waals surface area contributed by atoms with E-state index in [2.05, 4.69) is 35.8 Å². The number of carbonyl (C=O) groups is 2. The number of thioether (sulfide) groups is 1. The van der Waals surface area contributed by atoms with E-state index >= 15 is 0 Å². The van der Waals surface area contributed by atoms with Gasteiger partial charge in [-0.1, -0.05) is 60.3 Å². The van der Waals surface area contributed by atoms with E-state index in [1.807, 2.05) is 30.3 Å². The molecule has 4 bridgehead atoms. The molecule has 5 fully saturated rings. The van der Waals surface area contributed by atoms with Gasteiger partial charge in [0.1, 0.15) is 0 Å². The fraction of sp³-hybridized carbons (Fsp3) is 0.345. The average Bonchev–Trinajstić information content (AvgIpc) is 3.10. The molecule has 0 spiro atoms. The van der Waals surface area contributed by atoms with E-state index in [-0.39, 0.29) is 17.2 Å². The van der Waals surface area contributed by atoms with Crippen molar-refractivity contribution in [2.75, 3.05) is 0 Å². The van der Waals surface area contributed by atoms with Gasteiger partial charge in [0.2, 0.25) is 5.91 Å². The molecule has 1 saturated heterocycles. The van der Waals surface area contributed by atoms with Crippen LogP contribution in [0.15, 0.2) is 59.5 Å². The fourth-order valence-electron chi connectivity index (χ4n) is 7.51. The largest absolute Gasteiger partial charge is 0.285 e. The minimum atomic E-state index is -0.326. The third-order valence-electron chi connectivity index (χ3n) is 8.62. The number of thiocarbonyl (C=S) groups is 1. The minimum absolute atomic E-state index is 0.00948. The van der Waals surface area contributed by atoms with E-state index in [9.17, 15) is 9.59 Å². The first-order valence-corrected chi connectivity index (χ1v) is 13.7. The van der Waals surface area contributed by atoms with Gasteiger partial charge in [0.05, 0.1) is 10.3 Å². The lowest BCUT2D eigenvalue weighted by Crippen LogP contribution is -2.57. The third kappa shape index (κ3) is 3.45. The maximum atomic E-state index is 13.6. The second-order valence-electron chi connectivity index (χ2n) is 10.9. The summed E-state index contributed by atoms with van der Waals surface area (Å²) in [7, 11) is 0. The van der Waals surface area contributed by atoms with Crippen molar-refractivity contribution in [3.63, 3.8) is 0 Å². The Bertz CT molecular complexity index is 1370. The molecule has 5 aliphatic rings. The van der Waals surface area contributed by atoms with Crippen LogP contribution in [0.1, 0.15) is 44.1 Å². The molecular weight excluding hydrogens is 472 g/mol. The van der Waals surface area contributed by atoms with Crippen LogP contribution in [-0.2, 0) is 9.59 Å².